The van der Waals surface area contributed by atoms with Crippen molar-refractivity contribution < 1.29 is 0 Å². The van der Waals surface area contributed by atoms with Crippen molar-refractivity contribution in [2.24, 2.45) is 10.7 Å². The van der Waals surface area contributed by atoms with Gasteiger partial charge in [0.25, 0.3) is 0 Å². The van der Waals surface area contributed by atoms with E-state index in [9.17, 15) is 0 Å². The summed E-state index contributed by atoms with van der Waals surface area (Å²) in [5.74, 6) is 0.402. The summed E-state index contributed by atoms with van der Waals surface area (Å²) in [6, 6.07) is 7.61. The molecule has 0 spiro atoms. The van der Waals surface area contributed by atoms with Gasteiger partial charge in [-0.05, 0) is 12.1 Å². The highest BCUT2D eigenvalue weighted by Crippen LogP contribution is 2.34. The smallest absolute Gasteiger partial charge is 0.235 e. The number of nitrogens with two attached hydrogens (primary N) is 1. The standard InChI is InChI=1S/C10H9BrClN3/c11-8-4-2-1-3-7(8)10(12)14-6-5-9(13)15-10/h1-6,14H,(H2,13,15). The second kappa shape index (κ2) is 3.87. The van der Waals surface area contributed by atoms with Gasteiger partial charge in [-0.15, -0.1) is 0 Å². The van der Waals surface area contributed by atoms with E-state index in [0.717, 1.165) is 10.0 Å². The average Bonchev–Trinajstić information content (AvgIpc) is 2.17. The van der Waals surface area contributed by atoms with Crippen LogP contribution in [0.1, 0.15) is 5.56 Å². The van der Waals surface area contributed by atoms with Crippen LogP contribution in [0.4, 0.5) is 0 Å². The van der Waals surface area contributed by atoms with Crippen LogP contribution in [0, 0.1) is 0 Å². The van der Waals surface area contributed by atoms with Crippen molar-refractivity contribution in [3.05, 3.63) is 46.6 Å². The lowest BCUT2D eigenvalue weighted by Gasteiger charge is -2.27. The lowest BCUT2D eigenvalue weighted by molar-refractivity contribution is 0.566. The van der Waals surface area contributed by atoms with Crippen LogP contribution >= 0.6 is 27.5 Å². The first kappa shape index (κ1) is 10.5. The van der Waals surface area contributed by atoms with E-state index < -0.39 is 5.12 Å². The van der Waals surface area contributed by atoms with Gasteiger partial charge in [0.1, 0.15) is 5.84 Å². The van der Waals surface area contributed by atoms with Crippen molar-refractivity contribution in [2.75, 3.05) is 0 Å². The summed E-state index contributed by atoms with van der Waals surface area (Å²) in [4.78, 5) is 4.18. The van der Waals surface area contributed by atoms with Crippen LogP contribution in [-0.4, -0.2) is 5.84 Å². The highest BCUT2D eigenvalue weighted by Gasteiger charge is 2.31. The molecule has 0 saturated carbocycles. The molecule has 1 aromatic carbocycles. The zero-order chi connectivity index (χ0) is 10.9. The van der Waals surface area contributed by atoms with Crippen molar-refractivity contribution in [3.63, 3.8) is 0 Å². The highest BCUT2D eigenvalue weighted by molar-refractivity contribution is 9.10. The molecule has 0 fully saturated rings. The van der Waals surface area contributed by atoms with Gasteiger partial charge in [-0.25, -0.2) is 4.99 Å². The fraction of sp³-hybridized carbons (Fsp3) is 0.100. The molecule has 15 heavy (non-hydrogen) atoms. The van der Waals surface area contributed by atoms with E-state index in [-0.39, 0.29) is 0 Å². The molecular formula is C10H9BrClN3. The molecule has 1 atom stereocenters. The highest BCUT2D eigenvalue weighted by atomic mass is 79.9. The van der Waals surface area contributed by atoms with Gasteiger partial charge in [0.2, 0.25) is 5.12 Å². The number of nitrogens with one attached hydrogen (secondary N) is 1. The molecule has 78 valence electrons. The lowest BCUT2D eigenvalue weighted by atomic mass is 10.1. The molecule has 0 amide bonds. The fourth-order valence-electron chi connectivity index (χ4n) is 1.35. The number of rotatable bonds is 1. The van der Waals surface area contributed by atoms with Gasteiger partial charge in [0, 0.05) is 16.2 Å². The maximum Gasteiger partial charge on any atom is 0.235 e. The molecule has 0 bridgehead atoms. The van der Waals surface area contributed by atoms with E-state index >= 15 is 0 Å². The molecule has 0 aliphatic carbocycles. The number of benzene rings is 1. The SMILES string of the molecule is NC1=NC(Cl)(c2ccccc2Br)NC=C1. The van der Waals surface area contributed by atoms with Crippen LogP contribution in [-0.2, 0) is 5.12 Å². The summed E-state index contributed by atoms with van der Waals surface area (Å²) in [6.07, 6.45) is 3.35. The lowest BCUT2D eigenvalue weighted by Crippen LogP contribution is -2.37. The first-order valence-electron chi connectivity index (χ1n) is 4.35. The largest absolute Gasteiger partial charge is 0.384 e. The number of amidine groups is 1. The van der Waals surface area contributed by atoms with Crippen LogP contribution in [0.2, 0.25) is 0 Å². The molecule has 5 heteroatoms. The number of halogens is 2. The minimum absolute atomic E-state index is 0.402. The van der Waals surface area contributed by atoms with Gasteiger partial charge < -0.3 is 11.1 Å². The van der Waals surface area contributed by atoms with Crippen LogP contribution in [0.25, 0.3) is 0 Å². The van der Waals surface area contributed by atoms with E-state index in [0.29, 0.717) is 5.84 Å². The van der Waals surface area contributed by atoms with Crippen LogP contribution < -0.4 is 11.1 Å². The maximum absolute atomic E-state index is 6.34. The van der Waals surface area contributed by atoms with E-state index in [2.05, 4.69) is 26.2 Å². The first-order valence-corrected chi connectivity index (χ1v) is 5.52. The Morgan fingerprint density at radius 2 is 2.13 bits per heavy atom. The zero-order valence-electron chi connectivity index (χ0n) is 7.74. The first-order chi connectivity index (χ1) is 7.12. The second-order valence-corrected chi connectivity index (χ2v) is 4.52. The van der Waals surface area contributed by atoms with Gasteiger partial charge >= 0.3 is 0 Å². The molecule has 3 N–H and O–H groups in total. The Kier molecular flexibility index (Phi) is 2.71. The fourth-order valence-corrected chi connectivity index (χ4v) is 2.36. The molecule has 3 nitrogen and oxygen atoms in total. The molecule has 2 rings (SSSR count). The van der Waals surface area contributed by atoms with Crippen LogP contribution in [0.3, 0.4) is 0 Å². The van der Waals surface area contributed by atoms with Crippen molar-refractivity contribution in [1.82, 2.24) is 5.32 Å². The van der Waals surface area contributed by atoms with Crippen LogP contribution in [0.5, 0.6) is 0 Å². The van der Waals surface area contributed by atoms with Crippen LogP contribution in [0.15, 0.2) is 46.0 Å². The third-order valence-electron chi connectivity index (χ3n) is 2.04. The quantitative estimate of drug-likeness (QED) is 0.615. The number of hydrogen-bond donors (Lipinski definition) is 2. The number of hydrogen-bond acceptors (Lipinski definition) is 3. The maximum atomic E-state index is 6.34. The number of aliphatic imine (C=N–C) groups is 1. The molecule has 1 heterocycles. The van der Waals surface area contributed by atoms with E-state index in [1.807, 2.05) is 24.3 Å². The predicted octanol–water partition coefficient (Wildman–Crippen LogP) is 2.27. The Morgan fingerprint density at radius 3 is 2.80 bits per heavy atom. The molecule has 0 aromatic heterocycles. The van der Waals surface area contributed by atoms with E-state index in [4.69, 9.17) is 17.3 Å². The normalized spacial score (nSPS) is 24.5. The van der Waals surface area contributed by atoms with Crippen molar-refractivity contribution in [2.45, 2.75) is 5.12 Å². The number of nitrogens with zero attached hydrogens (tertiary/aromatic N) is 1. The van der Waals surface area contributed by atoms with Gasteiger partial charge in [0.15, 0.2) is 0 Å². The molecule has 1 unspecified atom stereocenters. The van der Waals surface area contributed by atoms with E-state index in [1.165, 1.54) is 0 Å². The third kappa shape index (κ3) is 2.01. The molecule has 0 saturated heterocycles. The van der Waals surface area contributed by atoms with Gasteiger partial charge in [-0.2, -0.15) is 0 Å². The molecular weight excluding hydrogens is 277 g/mol. The van der Waals surface area contributed by atoms with Gasteiger partial charge in [0.05, 0.1) is 0 Å². The average molecular weight is 287 g/mol. The monoisotopic (exact) mass is 285 g/mol. The van der Waals surface area contributed by atoms with Crippen molar-refractivity contribution in [1.29, 1.82) is 0 Å². The van der Waals surface area contributed by atoms with Gasteiger partial charge in [-0.1, -0.05) is 45.7 Å². The summed E-state index contributed by atoms with van der Waals surface area (Å²) in [6.45, 7) is 0. The Hall–Kier alpha value is -1.00. The molecule has 1 aliphatic rings. The topological polar surface area (TPSA) is 50.4 Å². The minimum atomic E-state index is -1.01. The van der Waals surface area contributed by atoms with E-state index in [1.54, 1.807) is 12.3 Å². The number of alkyl halides is 1. The second-order valence-electron chi connectivity index (χ2n) is 3.12. The molecule has 1 aromatic rings. The Morgan fingerprint density at radius 1 is 1.40 bits per heavy atom. The summed E-state index contributed by atoms with van der Waals surface area (Å²) in [7, 11) is 0. The van der Waals surface area contributed by atoms with Crippen molar-refractivity contribution >= 4 is 33.4 Å². The molecule has 1 aliphatic heterocycles. The summed E-state index contributed by atoms with van der Waals surface area (Å²) < 4.78 is 0.888. The summed E-state index contributed by atoms with van der Waals surface area (Å²) >= 11 is 9.77. The molecule has 0 radical (unpaired) electrons. The summed E-state index contributed by atoms with van der Waals surface area (Å²) in [5, 5.41) is 1.96. The van der Waals surface area contributed by atoms with Gasteiger partial charge in [-0.3, -0.25) is 0 Å². The third-order valence-corrected chi connectivity index (χ3v) is 3.13. The zero-order valence-corrected chi connectivity index (χ0v) is 10.1. The minimum Gasteiger partial charge on any atom is -0.384 e. The Balaban J connectivity index is 2.47. The Bertz CT molecular complexity index is 444. The predicted molar refractivity (Wildman–Crippen MR) is 65.6 cm³/mol. The van der Waals surface area contributed by atoms with Crippen molar-refractivity contribution in [3.8, 4) is 0 Å². The summed E-state index contributed by atoms with van der Waals surface area (Å²) in [5.41, 5.74) is 6.45. The Labute approximate surface area is 101 Å².